The Morgan fingerprint density at radius 1 is 0.786 bits per heavy atom. The predicted molar refractivity (Wildman–Crippen MR) is 209 cm³/mol. The summed E-state index contributed by atoms with van der Waals surface area (Å²) in [6.07, 6.45) is 7.10. The molecule has 0 spiro atoms. The molecule has 4 amide bonds. The van der Waals surface area contributed by atoms with Crippen LogP contribution in [0.1, 0.15) is 83.4 Å². The number of alkyl carbamates (subject to hydrolysis) is 1. The van der Waals surface area contributed by atoms with E-state index >= 15 is 0 Å². The largest absolute Gasteiger partial charge is 0.453 e. The Balaban J connectivity index is 1.01. The molecule has 2 bridgehead atoms. The summed E-state index contributed by atoms with van der Waals surface area (Å²) < 4.78 is 9.66. The fourth-order valence-corrected chi connectivity index (χ4v) is 8.92. The molecule has 14 nitrogen and oxygen atoms in total. The molecule has 2 aliphatic carbocycles. The fourth-order valence-electron chi connectivity index (χ4n) is 8.92. The number of fused-ring (bicyclic) bond motifs is 2. The van der Waals surface area contributed by atoms with E-state index in [2.05, 4.69) is 74.2 Å². The summed E-state index contributed by atoms with van der Waals surface area (Å²) >= 11 is 0. The van der Waals surface area contributed by atoms with Gasteiger partial charge in [0.2, 0.25) is 11.8 Å². The molecule has 296 valence electrons. The number of imidazole rings is 2. The van der Waals surface area contributed by atoms with E-state index in [9.17, 15) is 19.2 Å². The summed E-state index contributed by atoms with van der Waals surface area (Å²) in [6, 6.07) is 15.5. The lowest BCUT2D eigenvalue weighted by molar-refractivity contribution is -0.135. The third-order valence-corrected chi connectivity index (χ3v) is 11.8. The van der Waals surface area contributed by atoms with Crippen LogP contribution in [-0.4, -0.2) is 86.7 Å². The third kappa shape index (κ3) is 7.61. The van der Waals surface area contributed by atoms with Gasteiger partial charge in [0.05, 0.1) is 56.0 Å². The van der Waals surface area contributed by atoms with Gasteiger partial charge in [-0.25, -0.2) is 24.6 Å². The second kappa shape index (κ2) is 16.2. The number of aromatic nitrogens is 4. The molecule has 0 unspecified atom stereocenters. The maximum Gasteiger partial charge on any atom is 0.428 e. The Morgan fingerprint density at radius 3 is 1.93 bits per heavy atom. The highest BCUT2D eigenvalue weighted by Crippen LogP contribution is 2.56. The minimum absolute atomic E-state index is 0.0509. The first-order chi connectivity index (χ1) is 27.0. The van der Waals surface area contributed by atoms with Crippen molar-refractivity contribution in [3.05, 3.63) is 72.6 Å². The van der Waals surface area contributed by atoms with Crippen LogP contribution in [0.15, 0.2) is 60.9 Å². The summed E-state index contributed by atoms with van der Waals surface area (Å²) in [5, 5.41) is 3.95. The standard InChI is InChI=1S/C42H52N8O6/c1-23(2)36(47-41(53)55-5)40(52)49-19-7-8-33(49)37-43-21-31(45-37)27-13-9-25(10-14-27)26-11-15-28(16-12-26)32-22-44-38(46-32)34-29-17-18-30(20-29)35(34)39(51)48-50(24(3)4)42(54)56-6/h9-16,21-24,29-30,33-36H,7-8,17-20H2,1-6H3,(H,43,45)(H,44,46)(H,47,53)(H,48,51)/t29-,30+,33-,34+,35+,36-/m0/s1. The molecule has 6 atom stereocenters. The molecule has 2 saturated carbocycles. The van der Waals surface area contributed by atoms with E-state index in [-0.39, 0.29) is 47.6 Å². The van der Waals surface area contributed by atoms with Crippen molar-refractivity contribution in [3.8, 4) is 33.6 Å². The fraction of sp³-hybridized carbons (Fsp3) is 0.476. The highest BCUT2D eigenvalue weighted by molar-refractivity contribution is 5.86. The number of hydrazine groups is 1. The van der Waals surface area contributed by atoms with E-state index in [1.54, 1.807) is 6.20 Å². The molecule has 3 aliphatic rings. The number of methoxy groups -OCH3 is 2. The average Bonchev–Trinajstić information content (AvgIpc) is 4.06. The molecule has 56 heavy (non-hydrogen) atoms. The number of amides is 4. The molecule has 1 saturated heterocycles. The molecular weight excluding hydrogens is 713 g/mol. The van der Waals surface area contributed by atoms with Crippen molar-refractivity contribution in [1.82, 2.24) is 40.6 Å². The summed E-state index contributed by atoms with van der Waals surface area (Å²) in [4.78, 5) is 69.7. The smallest absolute Gasteiger partial charge is 0.428 e. The van der Waals surface area contributed by atoms with Gasteiger partial charge in [-0.05, 0) is 86.0 Å². The van der Waals surface area contributed by atoms with Gasteiger partial charge in [0.15, 0.2) is 0 Å². The van der Waals surface area contributed by atoms with E-state index in [1.807, 2.05) is 38.8 Å². The van der Waals surface area contributed by atoms with Crippen LogP contribution >= 0.6 is 0 Å². The first kappa shape index (κ1) is 38.6. The van der Waals surface area contributed by atoms with Gasteiger partial charge in [0, 0.05) is 12.5 Å². The number of benzene rings is 2. The number of carbonyl (C=O) groups is 4. The predicted octanol–water partition coefficient (Wildman–Crippen LogP) is 6.82. The lowest BCUT2D eigenvalue weighted by atomic mass is 9.78. The molecular formula is C42H52N8O6. The quantitative estimate of drug-likeness (QED) is 0.127. The van der Waals surface area contributed by atoms with Crippen LogP contribution in [-0.2, 0) is 19.1 Å². The average molecular weight is 765 g/mol. The van der Waals surface area contributed by atoms with Gasteiger partial charge >= 0.3 is 12.2 Å². The van der Waals surface area contributed by atoms with Crippen LogP contribution in [0.3, 0.4) is 0 Å². The molecule has 14 heteroatoms. The van der Waals surface area contributed by atoms with Crippen molar-refractivity contribution in [2.75, 3.05) is 20.8 Å². The molecule has 2 aromatic carbocycles. The number of hydrogen-bond acceptors (Lipinski definition) is 8. The lowest BCUT2D eigenvalue weighted by Crippen LogP contribution is -2.53. The van der Waals surface area contributed by atoms with Gasteiger partial charge in [0.25, 0.3) is 0 Å². The third-order valence-electron chi connectivity index (χ3n) is 11.8. The van der Waals surface area contributed by atoms with Gasteiger partial charge in [0.1, 0.15) is 17.7 Å². The maximum absolute atomic E-state index is 13.6. The monoisotopic (exact) mass is 764 g/mol. The molecule has 1 aliphatic heterocycles. The minimum Gasteiger partial charge on any atom is -0.453 e. The van der Waals surface area contributed by atoms with Crippen LogP contribution in [0.25, 0.3) is 33.6 Å². The lowest BCUT2D eigenvalue weighted by Gasteiger charge is -2.32. The van der Waals surface area contributed by atoms with Crippen molar-refractivity contribution < 1.29 is 28.7 Å². The Hall–Kier alpha value is -5.66. The van der Waals surface area contributed by atoms with E-state index in [0.29, 0.717) is 12.5 Å². The zero-order valence-corrected chi connectivity index (χ0v) is 32.9. The van der Waals surface area contributed by atoms with E-state index in [0.717, 1.165) is 77.4 Å². The Kier molecular flexibility index (Phi) is 11.2. The number of likely N-dealkylation sites (tertiary alicyclic amines) is 1. The highest BCUT2D eigenvalue weighted by atomic mass is 16.5. The number of rotatable bonds is 10. The normalized spacial score (nSPS) is 22.0. The van der Waals surface area contributed by atoms with Crippen LogP contribution in [0.5, 0.6) is 0 Å². The Morgan fingerprint density at radius 2 is 1.36 bits per heavy atom. The Labute approximate surface area is 327 Å². The van der Waals surface area contributed by atoms with Crippen molar-refractivity contribution in [2.24, 2.45) is 23.7 Å². The van der Waals surface area contributed by atoms with Crippen molar-refractivity contribution in [3.63, 3.8) is 0 Å². The van der Waals surface area contributed by atoms with Gasteiger partial charge < -0.3 is 29.7 Å². The molecule has 3 heterocycles. The number of nitrogens with zero attached hydrogens (tertiary/aromatic N) is 4. The molecule has 0 radical (unpaired) electrons. The first-order valence-corrected chi connectivity index (χ1v) is 19.6. The van der Waals surface area contributed by atoms with Crippen molar-refractivity contribution in [1.29, 1.82) is 0 Å². The van der Waals surface area contributed by atoms with Crippen LogP contribution in [0, 0.1) is 23.7 Å². The number of H-pyrrole nitrogens is 2. The van der Waals surface area contributed by atoms with Crippen LogP contribution in [0.4, 0.5) is 9.59 Å². The van der Waals surface area contributed by atoms with E-state index < -0.39 is 18.2 Å². The van der Waals surface area contributed by atoms with Crippen LogP contribution < -0.4 is 10.7 Å². The molecule has 2 aromatic heterocycles. The number of aromatic amines is 2. The molecule has 4 aromatic rings. The summed E-state index contributed by atoms with van der Waals surface area (Å²) in [6.45, 7) is 8.07. The van der Waals surface area contributed by atoms with Gasteiger partial charge in [-0.15, -0.1) is 0 Å². The zero-order valence-electron chi connectivity index (χ0n) is 32.9. The van der Waals surface area contributed by atoms with Crippen LogP contribution in [0.2, 0.25) is 0 Å². The molecule has 7 rings (SSSR count). The van der Waals surface area contributed by atoms with Gasteiger partial charge in [-0.1, -0.05) is 62.4 Å². The number of carbonyl (C=O) groups excluding carboxylic acids is 4. The zero-order chi connectivity index (χ0) is 39.7. The number of hydrogen-bond donors (Lipinski definition) is 4. The second-order valence-corrected chi connectivity index (χ2v) is 15.9. The first-order valence-electron chi connectivity index (χ1n) is 19.6. The number of ether oxygens (including phenoxy) is 2. The Bertz CT molecular complexity index is 2040. The topological polar surface area (TPSA) is 175 Å². The molecule has 3 fully saturated rings. The highest BCUT2D eigenvalue weighted by Gasteiger charge is 2.53. The van der Waals surface area contributed by atoms with Crippen molar-refractivity contribution >= 4 is 24.0 Å². The SMILES string of the molecule is COC(=O)N[C@H](C(=O)N1CCC[C@H]1c1ncc(-c2ccc(-c3ccc(-c4cnc([C@@H]5[C@H]6CC[C@H](C6)[C@H]5C(=O)NN(C(=O)OC)C(C)C)[nH]4)cc3)cc2)[nH]1)C(C)C. The minimum atomic E-state index is -0.687. The summed E-state index contributed by atoms with van der Waals surface area (Å²) in [5.41, 5.74) is 8.70. The number of nitrogens with one attached hydrogen (secondary N) is 4. The summed E-state index contributed by atoms with van der Waals surface area (Å²) in [5.74, 6) is 1.41. The molecule has 4 N–H and O–H groups in total. The summed E-state index contributed by atoms with van der Waals surface area (Å²) in [7, 11) is 2.60. The van der Waals surface area contributed by atoms with E-state index in [4.69, 9.17) is 14.5 Å². The van der Waals surface area contributed by atoms with E-state index in [1.165, 1.54) is 19.2 Å². The van der Waals surface area contributed by atoms with Crippen molar-refractivity contribution in [2.45, 2.75) is 83.8 Å². The van der Waals surface area contributed by atoms with Gasteiger partial charge in [-0.3, -0.25) is 15.0 Å². The maximum atomic E-state index is 13.6. The second-order valence-electron chi connectivity index (χ2n) is 15.9. The van der Waals surface area contributed by atoms with Gasteiger partial charge in [-0.2, -0.15) is 0 Å².